The number of aromatic nitrogens is 4. The summed E-state index contributed by atoms with van der Waals surface area (Å²) in [5, 5.41) is 16.0. The summed E-state index contributed by atoms with van der Waals surface area (Å²) in [4.78, 5) is 53.2. The molecule has 2 amide bonds. The number of aliphatic carboxylic acids is 1. The Morgan fingerprint density at radius 3 is 2.34 bits per heavy atom. The molecule has 1 fully saturated rings. The highest BCUT2D eigenvalue weighted by atomic mass is 35.5. The first-order chi connectivity index (χ1) is 21.0. The van der Waals surface area contributed by atoms with Crippen LogP contribution in [0.2, 0.25) is 10.0 Å². The fraction of sp³-hybridized carbons (Fsp3) is 0.333. The number of carbonyl (C=O) groups excluding carboxylic acids is 2. The van der Waals surface area contributed by atoms with Crippen LogP contribution in [0.25, 0.3) is 28.2 Å². The predicted octanol–water partition coefficient (Wildman–Crippen LogP) is 3.35. The van der Waals surface area contributed by atoms with E-state index in [1.807, 2.05) is 46.7 Å². The molecule has 5 rings (SSSR count). The summed E-state index contributed by atoms with van der Waals surface area (Å²) >= 11 is 12.9. The standard InChI is InChI=1S/C30H32Cl2N8O4/c1-3-34-30(29(33)44)12-14-39(15-13-30)26-24-27(37-22(36-26)16-23(41)35-17(2)28(42)43)40(19-10-8-18(31)9-11-19)25(38-24)20-6-4-5-7-21(20)32/h4-11,17,34H,3,12-16H2,1-2H3,(H2,33,44)(H,35,41)(H,42,43). The summed E-state index contributed by atoms with van der Waals surface area (Å²) in [5.74, 6) is -0.979. The lowest BCUT2D eigenvalue weighted by atomic mass is 9.86. The monoisotopic (exact) mass is 638 g/mol. The van der Waals surface area contributed by atoms with E-state index in [4.69, 9.17) is 43.9 Å². The Bertz CT molecular complexity index is 1720. The highest BCUT2D eigenvalue weighted by molar-refractivity contribution is 6.33. The largest absolute Gasteiger partial charge is 0.480 e. The van der Waals surface area contributed by atoms with Crippen molar-refractivity contribution in [3.8, 4) is 17.1 Å². The van der Waals surface area contributed by atoms with Gasteiger partial charge in [0.05, 0.1) is 11.4 Å². The fourth-order valence-corrected chi connectivity index (χ4v) is 5.74. The molecule has 1 aliphatic heterocycles. The van der Waals surface area contributed by atoms with Gasteiger partial charge in [0.1, 0.15) is 23.2 Å². The van der Waals surface area contributed by atoms with Crippen LogP contribution in [-0.4, -0.2) is 73.6 Å². The molecule has 14 heteroatoms. The van der Waals surface area contributed by atoms with E-state index in [0.717, 1.165) is 0 Å². The molecule has 1 aliphatic rings. The van der Waals surface area contributed by atoms with Crippen LogP contribution in [0.5, 0.6) is 0 Å². The lowest BCUT2D eigenvalue weighted by molar-refractivity contribution is -0.141. The number of imidazole rings is 1. The summed E-state index contributed by atoms with van der Waals surface area (Å²) < 4.78 is 1.83. The quantitative estimate of drug-likeness (QED) is 0.203. The molecule has 2 aromatic heterocycles. The summed E-state index contributed by atoms with van der Waals surface area (Å²) in [6.45, 7) is 4.75. The van der Waals surface area contributed by atoms with Crippen LogP contribution in [0.4, 0.5) is 5.82 Å². The molecular weight excluding hydrogens is 607 g/mol. The summed E-state index contributed by atoms with van der Waals surface area (Å²) in [6, 6.07) is 13.3. The number of nitrogens with one attached hydrogen (secondary N) is 2. The van der Waals surface area contributed by atoms with Crippen LogP contribution in [0.3, 0.4) is 0 Å². The van der Waals surface area contributed by atoms with Gasteiger partial charge in [0, 0.05) is 29.4 Å². The van der Waals surface area contributed by atoms with Gasteiger partial charge < -0.3 is 26.4 Å². The maximum Gasteiger partial charge on any atom is 0.325 e. The van der Waals surface area contributed by atoms with E-state index in [1.165, 1.54) is 6.92 Å². The molecule has 0 saturated carbocycles. The predicted molar refractivity (Wildman–Crippen MR) is 168 cm³/mol. The molecule has 0 radical (unpaired) electrons. The number of amides is 2. The van der Waals surface area contributed by atoms with E-state index < -0.39 is 29.4 Å². The Labute approximate surface area is 263 Å². The van der Waals surface area contributed by atoms with E-state index >= 15 is 0 Å². The second kappa shape index (κ2) is 12.8. The van der Waals surface area contributed by atoms with Crippen LogP contribution >= 0.6 is 23.2 Å². The van der Waals surface area contributed by atoms with Crippen molar-refractivity contribution in [3.63, 3.8) is 0 Å². The Balaban J connectivity index is 1.69. The third kappa shape index (κ3) is 6.19. The molecule has 2 aromatic carbocycles. The second-order valence-corrected chi connectivity index (χ2v) is 11.5. The van der Waals surface area contributed by atoms with Crippen molar-refractivity contribution in [3.05, 3.63) is 64.4 Å². The minimum Gasteiger partial charge on any atom is -0.480 e. The Hall–Kier alpha value is -4.26. The summed E-state index contributed by atoms with van der Waals surface area (Å²) in [6.07, 6.45) is 0.593. The number of carbonyl (C=O) groups is 3. The van der Waals surface area contributed by atoms with Gasteiger partial charge in [0.2, 0.25) is 11.8 Å². The maximum atomic E-state index is 12.9. The Morgan fingerprint density at radius 1 is 1.05 bits per heavy atom. The lowest BCUT2D eigenvalue weighted by Gasteiger charge is -2.40. The van der Waals surface area contributed by atoms with Gasteiger partial charge in [-0.05, 0) is 62.7 Å². The number of primary amides is 1. The highest BCUT2D eigenvalue weighted by Gasteiger charge is 2.40. The lowest BCUT2D eigenvalue weighted by Crippen LogP contribution is -2.61. The number of hydrogen-bond acceptors (Lipinski definition) is 8. The van der Waals surface area contributed by atoms with Gasteiger partial charge in [-0.3, -0.25) is 19.0 Å². The average molecular weight is 640 g/mol. The average Bonchev–Trinajstić information content (AvgIpc) is 3.37. The maximum absolute atomic E-state index is 12.9. The smallest absolute Gasteiger partial charge is 0.325 e. The third-order valence-corrected chi connectivity index (χ3v) is 8.29. The van der Waals surface area contributed by atoms with Gasteiger partial charge in [-0.2, -0.15) is 0 Å². The van der Waals surface area contributed by atoms with Crippen molar-refractivity contribution in [1.82, 2.24) is 30.2 Å². The van der Waals surface area contributed by atoms with E-state index in [1.54, 1.807) is 18.2 Å². The van der Waals surface area contributed by atoms with Crippen LogP contribution in [0, 0.1) is 0 Å². The number of anilines is 1. The number of likely N-dealkylation sites (N-methyl/N-ethyl adjacent to an activating group) is 1. The number of piperidine rings is 1. The van der Waals surface area contributed by atoms with Crippen LogP contribution in [-0.2, 0) is 20.8 Å². The zero-order valence-electron chi connectivity index (χ0n) is 24.2. The van der Waals surface area contributed by atoms with Crippen LogP contribution in [0.1, 0.15) is 32.5 Å². The molecule has 0 spiro atoms. The third-order valence-electron chi connectivity index (χ3n) is 7.70. The van der Waals surface area contributed by atoms with Gasteiger partial charge in [-0.15, -0.1) is 0 Å². The van der Waals surface area contributed by atoms with Crippen LogP contribution in [0.15, 0.2) is 48.5 Å². The van der Waals surface area contributed by atoms with Crippen molar-refractivity contribution >= 4 is 58.0 Å². The molecule has 4 aromatic rings. The normalized spacial score (nSPS) is 15.2. The number of hydrogen-bond donors (Lipinski definition) is 4. The zero-order valence-corrected chi connectivity index (χ0v) is 25.7. The molecule has 5 N–H and O–H groups in total. The number of nitrogens with two attached hydrogens (primary N) is 1. The molecule has 0 bridgehead atoms. The van der Waals surface area contributed by atoms with Gasteiger partial charge in [-0.25, -0.2) is 15.0 Å². The topological polar surface area (TPSA) is 168 Å². The molecule has 0 aliphatic carbocycles. The van der Waals surface area contributed by atoms with Gasteiger partial charge >= 0.3 is 5.97 Å². The fourth-order valence-electron chi connectivity index (χ4n) is 5.39. The second-order valence-electron chi connectivity index (χ2n) is 10.6. The number of carboxylic acids is 1. The molecule has 12 nitrogen and oxygen atoms in total. The highest BCUT2D eigenvalue weighted by Crippen LogP contribution is 2.36. The summed E-state index contributed by atoms with van der Waals surface area (Å²) in [5.41, 5.74) is 7.20. The first kappa shape index (κ1) is 31.2. The molecule has 1 atom stereocenters. The Kier molecular flexibility index (Phi) is 9.05. The number of benzene rings is 2. The Morgan fingerprint density at radius 2 is 1.73 bits per heavy atom. The molecule has 1 unspecified atom stereocenters. The molecule has 230 valence electrons. The van der Waals surface area contributed by atoms with E-state index in [0.29, 0.717) is 76.6 Å². The van der Waals surface area contributed by atoms with E-state index in [-0.39, 0.29) is 12.2 Å². The van der Waals surface area contributed by atoms with Crippen molar-refractivity contribution in [2.45, 2.75) is 44.7 Å². The molecule has 1 saturated heterocycles. The number of rotatable bonds is 10. The van der Waals surface area contributed by atoms with E-state index in [9.17, 15) is 19.5 Å². The van der Waals surface area contributed by atoms with Crippen molar-refractivity contribution in [1.29, 1.82) is 0 Å². The molecule has 44 heavy (non-hydrogen) atoms. The minimum atomic E-state index is -1.16. The SMILES string of the molecule is CCNC1(C(N)=O)CCN(c2nc(CC(=O)NC(C)C(=O)O)nc3c2nc(-c2ccccc2Cl)n3-c2ccc(Cl)cc2)CC1. The van der Waals surface area contributed by atoms with Crippen molar-refractivity contribution in [2.24, 2.45) is 5.73 Å². The minimum absolute atomic E-state index is 0.168. The number of halogens is 2. The molecular formula is C30H32Cl2N8O4. The van der Waals surface area contributed by atoms with Crippen molar-refractivity contribution in [2.75, 3.05) is 24.5 Å². The number of carboxylic acid groups (broad SMARTS) is 1. The van der Waals surface area contributed by atoms with Crippen LogP contribution < -0.4 is 21.3 Å². The van der Waals surface area contributed by atoms with Crippen molar-refractivity contribution < 1.29 is 19.5 Å². The van der Waals surface area contributed by atoms with Gasteiger partial charge in [0.15, 0.2) is 17.0 Å². The van der Waals surface area contributed by atoms with Gasteiger partial charge in [0.25, 0.3) is 0 Å². The number of nitrogens with zero attached hydrogens (tertiary/aromatic N) is 5. The first-order valence-electron chi connectivity index (χ1n) is 14.1. The summed E-state index contributed by atoms with van der Waals surface area (Å²) in [7, 11) is 0. The zero-order chi connectivity index (χ0) is 31.6. The van der Waals surface area contributed by atoms with Gasteiger partial charge in [-0.1, -0.05) is 42.3 Å². The van der Waals surface area contributed by atoms with E-state index in [2.05, 4.69) is 10.6 Å². The first-order valence-corrected chi connectivity index (χ1v) is 14.9. The number of fused-ring (bicyclic) bond motifs is 1. The molecule has 3 heterocycles.